The SMILES string of the molecule is CC1NC=C(NC(=O)CN)C=C1NC(=O)c1cnn2cc(-c3cnn4c3OCCC4)sc12. The molecule has 0 aromatic carbocycles. The number of allylic oxidation sites excluding steroid dienone is 1. The average Bonchev–Trinajstić information content (AvgIpc) is 3.49. The molecular weight excluding hydrogens is 432 g/mol. The van der Waals surface area contributed by atoms with E-state index in [0.717, 1.165) is 34.1 Å². The summed E-state index contributed by atoms with van der Waals surface area (Å²) in [5, 5.41) is 17.4. The summed E-state index contributed by atoms with van der Waals surface area (Å²) < 4.78 is 9.34. The molecule has 0 bridgehead atoms. The topological polar surface area (TPSA) is 141 Å². The lowest BCUT2D eigenvalue weighted by atomic mass is 10.1. The number of ether oxygens (including phenoxy) is 1. The minimum atomic E-state index is -0.315. The van der Waals surface area contributed by atoms with Crippen LogP contribution in [0.1, 0.15) is 23.7 Å². The first-order valence-corrected chi connectivity index (χ1v) is 11.0. The lowest BCUT2D eigenvalue weighted by Crippen LogP contribution is -2.39. The second kappa shape index (κ2) is 8.13. The van der Waals surface area contributed by atoms with Gasteiger partial charge in [-0.15, -0.1) is 11.3 Å². The largest absolute Gasteiger partial charge is 0.477 e. The molecule has 0 fully saturated rings. The number of aryl methyl sites for hydroxylation is 1. The quantitative estimate of drug-likeness (QED) is 0.442. The Hall–Kier alpha value is -3.64. The van der Waals surface area contributed by atoms with E-state index in [0.29, 0.717) is 23.6 Å². The smallest absolute Gasteiger partial charge is 0.260 e. The molecule has 5 rings (SSSR count). The van der Waals surface area contributed by atoms with Crippen LogP contribution in [0.3, 0.4) is 0 Å². The lowest BCUT2D eigenvalue weighted by molar-refractivity contribution is -0.118. The first-order chi connectivity index (χ1) is 15.5. The van der Waals surface area contributed by atoms with Crippen molar-refractivity contribution in [1.29, 1.82) is 0 Å². The molecule has 2 aliphatic rings. The van der Waals surface area contributed by atoms with Crippen molar-refractivity contribution in [3.63, 3.8) is 0 Å². The van der Waals surface area contributed by atoms with Gasteiger partial charge in [-0.2, -0.15) is 10.2 Å². The number of hydrogen-bond acceptors (Lipinski definition) is 8. The Morgan fingerprint density at radius 1 is 1.34 bits per heavy atom. The number of aromatic nitrogens is 4. The van der Waals surface area contributed by atoms with Gasteiger partial charge in [-0.05, 0) is 13.0 Å². The summed E-state index contributed by atoms with van der Waals surface area (Å²) in [6.07, 6.45) is 9.52. The first kappa shape index (κ1) is 20.3. The number of thiazole rings is 1. The molecule has 0 aliphatic carbocycles. The normalized spacial score (nSPS) is 17.6. The van der Waals surface area contributed by atoms with E-state index in [1.54, 1.807) is 29.2 Å². The Bertz CT molecular complexity index is 1270. The monoisotopic (exact) mass is 454 g/mol. The lowest BCUT2D eigenvalue weighted by Gasteiger charge is -2.23. The molecule has 3 aromatic heterocycles. The van der Waals surface area contributed by atoms with Crippen molar-refractivity contribution in [2.24, 2.45) is 5.73 Å². The number of carbonyl (C=O) groups is 2. The summed E-state index contributed by atoms with van der Waals surface area (Å²) in [5.74, 6) is 0.149. The number of dihydropyridines is 1. The minimum absolute atomic E-state index is 0.122. The van der Waals surface area contributed by atoms with Crippen LogP contribution >= 0.6 is 11.3 Å². The van der Waals surface area contributed by atoms with Gasteiger partial charge < -0.3 is 26.4 Å². The van der Waals surface area contributed by atoms with Crippen molar-refractivity contribution in [3.05, 3.63) is 47.8 Å². The van der Waals surface area contributed by atoms with Gasteiger partial charge in [-0.25, -0.2) is 9.20 Å². The summed E-state index contributed by atoms with van der Waals surface area (Å²) in [7, 11) is 0. The molecule has 0 saturated heterocycles. The minimum Gasteiger partial charge on any atom is -0.477 e. The molecule has 32 heavy (non-hydrogen) atoms. The first-order valence-electron chi connectivity index (χ1n) is 10.2. The van der Waals surface area contributed by atoms with E-state index in [4.69, 9.17) is 10.5 Å². The Kier molecular flexibility index (Phi) is 5.15. The second-order valence-corrected chi connectivity index (χ2v) is 8.52. The molecule has 12 heteroatoms. The number of rotatable bonds is 5. The second-order valence-electron chi connectivity index (χ2n) is 7.49. The number of amides is 2. The van der Waals surface area contributed by atoms with Crippen molar-refractivity contribution >= 4 is 28.0 Å². The van der Waals surface area contributed by atoms with Crippen molar-refractivity contribution < 1.29 is 14.3 Å². The van der Waals surface area contributed by atoms with Gasteiger partial charge in [0.2, 0.25) is 11.8 Å². The van der Waals surface area contributed by atoms with Gasteiger partial charge in [0.1, 0.15) is 4.83 Å². The Balaban J connectivity index is 1.39. The van der Waals surface area contributed by atoms with Crippen molar-refractivity contribution in [1.82, 2.24) is 35.3 Å². The molecule has 3 aromatic rings. The fourth-order valence-electron chi connectivity index (χ4n) is 3.57. The molecule has 2 aliphatic heterocycles. The third-order valence-corrected chi connectivity index (χ3v) is 6.39. The van der Waals surface area contributed by atoms with Gasteiger partial charge in [-0.3, -0.25) is 9.59 Å². The van der Waals surface area contributed by atoms with Crippen LogP contribution in [-0.4, -0.2) is 50.4 Å². The van der Waals surface area contributed by atoms with Crippen molar-refractivity contribution in [3.8, 4) is 16.3 Å². The van der Waals surface area contributed by atoms with Crippen LogP contribution < -0.4 is 26.4 Å². The van der Waals surface area contributed by atoms with Crippen LogP contribution in [0.2, 0.25) is 0 Å². The molecule has 0 spiro atoms. The van der Waals surface area contributed by atoms with E-state index in [1.807, 2.05) is 17.8 Å². The summed E-state index contributed by atoms with van der Waals surface area (Å²) in [6.45, 7) is 3.28. The Morgan fingerprint density at radius 2 is 2.22 bits per heavy atom. The fraction of sp³-hybridized carbons (Fsp3) is 0.300. The van der Waals surface area contributed by atoms with Gasteiger partial charge in [0.05, 0.1) is 53.3 Å². The van der Waals surface area contributed by atoms with Gasteiger partial charge in [0.25, 0.3) is 5.91 Å². The van der Waals surface area contributed by atoms with Gasteiger partial charge in [0.15, 0.2) is 0 Å². The fourth-order valence-corrected chi connectivity index (χ4v) is 4.63. The summed E-state index contributed by atoms with van der Waals surface area (Å²) in [6, 6.07) is -0.140. The highest BCUT2D eigenvalue weighted by atomic mass is 32.1. The van der Waals surface area contributed by atoms with Gasteiger partial charge in [-0.1, -0.05) is 0 Å². The Labute approximate surface area is 186 Å². The molecule has 11 nitrogen and oxygen atoms in total. The maximum Gasteiger partial charge on any atom is 0.260 e. The molecule has 1 unspecified atom stereocenters. The third-order valence-electron chi connectivity index (χ3n) is 5.24. The van der Waals surface area contributed by atoms with Crippen LogP contribution in [0.15, 0.2) is 42.3 Å². The van der Waals surface area contributed by atoms with Crippen LogP contribution in [0.4, 0.5) is 0 Å². The van der Waals surface area contributed by atoms with Crippen LogP contribution in [0, 0.1) is 0 Å². The van der Waals surface area contributed by atoms with Crippen LogP contribution in [0.5, 0.6) is 5.88 Å². The molecule has 5 heterocycles. The van der Waals surface area contributed by atoms with E-state index in [2.05, 4.69) is 26.1 Å². The van der Waals surface area contributed by atoms with E-state index in [9.17, 15) is 9.59 Å². The molecule has 0 saturated carbocycles. The number of fused-ring (bicyclic) bond motifs is 2. The summed E-state index contributed by atoms with van der Waals surface area (Å²) in [5.41, 5.74) is 7.85. The number of hydrogen-bond donors (Lipinski definition) is 4. The number of nitrogens with zero attached hydrogens (tertiary/aromatic N) is 4. The number of nitrogens with two attached hydrogens (primary N) is 1. The maximum atomic E-state index is 13.1. The highest BCUT2D eigenvalue weighted by Crippen LogP contribution is 2.37. The van der Waals surface area contributed by atoms with Crippen molar-refractivity contribution in [2.45, 2.75) is 25.9 Å². The number of carbonyl (C=O) groups excluding carboxylic acids is 2. The highest BCUT2D eigenvalue weighted by Gasteiger charge is 2.23. The molecule has 5 N–H and O–H groups in total. The standard InChI is InChI=1S/C20H22N8O3S/c1-11-15(5-12(7-22-11)25-17(29)6-21)26-18(30)14-9-24-28-10-16(32-20(14)28)13-8-23-27-3-2-4-31-19(13)27/h5,7-11,22H,2-4,6,21H2,1H3,(H,25,29)(H,26,30). The average molecular weight is 455 g/mol. The number of nitrogens with one attached hydrogen (secondary N) is 3. The zero-order valence-electron chi connectivity index (χ0n) is 17.3. The Morgan fingerprint density at radius 3 is 3.06 bits per heavy atom. The third kappa shape index (κ3) is 3.63. The predicted octanol–water partition coefficient (Wildman–Crippen LogP) is 0.564. The van der Waals surface area contributed by atoms with Gasteiger partial charge in [0, 0.05) is 31.1 Å². The van der Waals surface area contributed by atoms with E-state index in [1.165, 1.54) is 11.3 Å². The van der Waals surface area contributed by atoms with E-state index in [-0.39, 0.29) is 24.4 Å². The summed E-state index contributed by atoms with van der Waals surface area (Å²) in [4.78, 5) is 26.3. The van der Waals surface area contributed by atoms with Crippen molar-refractivity contribution in [2.75, 3.05) is 13.2 Å². The molecule has 2 amide bonds. The summed E-state index contributed by atoms with van der Waals surface area (Å²) >= 11 is 1.45. The van der Waals surface area contributed by atoms with E-state index < -0.39 is 0 Å². The zero-order chi connectivity index (χ0) is 22.2. The van der Waals surface area contributed by atoms with Crippen LogP contribution in [0.25, 0.3) is 15.3 Å². The molecule has 0 radical (unpaired) electrons. The molecule has 1 atom stereocenters. The highest BCUT2D eigenvalue weighted by molar-refractivity contribution is 7.21. The molecule has 166 valence electrons. The molecular formula is C20H22N8O3S. The maximum absolute atomic E-state index is 13.1. The van der Waals surface area contributed by atoms with E-state index >= 15 is 0 Å². The predicted molar refractivity (Wildman–Crippen MR) is 118 cm³/mol. The van der Waals surface area contributed by atoms with Crippen LogP contribution in [-0.2, 0) is 11.3 Å². The van der Waals surface area contributed by atoms with Gasteiger partial charge >= 0.3 is 0 Å². The zero-order valence-corrected chi connectivity index (χ0v) is 18.1.